The summed E-state index contributed by atoms with van der Waals surface area (Å²) >= 11 is 15.4. The molecule has 0 spiro atoms. The van der Waals surface area contributed by atoms with E-state index >= 15 is 0 Å². The van der Waals surface area contributed by atoms with Gasteiger partial charge in [0.15, 0.2) is 11.0 Å². The molecule has 3 rings (SSSR count). The Labute approximate surface area is 153 Å². The lowest BCUT2D eigenvalue weighted by Gasteiger charge is -2.08. The van der Waals surface area contributed by atoms with Crippen LogP contribution in [0.25, 0.3) is 10.7 Å². The van der Waals surface area contributed by atoms with Crippen LogP contribution in [0.1, 0.15) is 18.9 Å². The van der Waals surface area contributed by atoms with Crippen molar-refractivity contribution in [3.63, 3.8) is 0 Å². The predicted molar refractivity (Wildman–Crippen MR) is 99.6 cm³/mol. The Balaban J connectivity index is 1.81. The molecule has 1 aromatic carbocycles. The first-order valence-corrected chi connectivity index (χ1v) is 9.85. The van der Waals surface area contributed by atoms with Gasteiger partial charge in [0.2, 0.25) is 0 Å². The molecule has 3 aromatic rings. The summed E-state index contributed by atoms with van der Waals surface area (Å²) in [6, 6.07) is 9.83. The summed E-state index contributed by atoms with van der Waals surface area (Å²) in [5.41, 5.74) is 1.12. The molecular weight excluding hydrogens is 369 g/mol. The van der Waals surface area contributed by atoms with Gasteiger partial charge < -0.3 is 4.57 Å². The lowest BCUT2D eigenvalue weighted by Crippen LogP contribution is -2.01. The van der Waals surface area contributed by atoms with E-state index in [1.54, 1.807) is 23.1 Å². The number of halogens is 2. The van der Waals surface area contributed by atoms with Gasteiger partial charge in [0.05, 0.1) is 14.9 Å². The first-order chi connectivity index (χ1) is 11.2. The predicted octanol–water partition coefficient (Wildman–Crippen LogP) is 6.02. The number of aromatic nitrogens is 3. The third-order valence-corrected chi connectivity index (χ3v) is 5.90. The Bertz CT molecular complexity index is 785. The van der Waals surface area contributed by atoms with Crippen molar-refractivity contribution >= 4 is 46.3 Å². The highest BCUT2D eigenvalue weighted by Crippen LogP contribution is 2.30. The van der Waals surface area contributed by atoms with Gasteiger partial charge in [-0.3, -0.25) is 0 Å². The fourth-order valence-corrected chi connectivity index (χ4v) is 4.13. The minimum Gasteiger partial charge on any atom is -0.301 e. The third-order valence-electron chi connectivity index (χ3n) is 3.26. The zero-order chi connectivity index (χ0) is 16.2. The van der Waals surface area contributed by atoms with Crippen LogP contribution in [0, 0.1) is 0 Å². The fourth-order valence-electron chi connectivity index (χ4n) is 2.19. The second-order valence-corrected chi connectivity index (χ2v) is 7.68. The van der Waals surface area contributed by atoms with E-state index in [1.807, 2.05) is 24.3 Å². The number of benzene rings is 1. The smallest absolute Gasteiger partial charge is 0.191 e. The average Bonchev–Trinajstić information content (AvgIpc) is 3.18. The third kappa shape index (κ3) is 3.91. The van der Waals surface area contributed by atoms with Gasteiger partial charge in [-0.05, 0) is 35.6 Å². The van der Waals surface area contributed by atoms with Gasteiger partial charge >= 0.3 is 0 Å². The molecule has 2 heterocycles. The molecule has 0 saturated heterocycles. The summed E-state index contributed by atoms with van der Waals surface area (Å²) in [4.78, 5) is 1.15. The van der Waals surface area contributed by atoms with E-state index < -0.39 is 0 Å². The monoisotopic (exact) mass is 383 g/mol. The highest BCUT2D eigenvalue weighted by Gasteiger charge is 2.14. The molecule has 0 amide bonds. The summed E-state index contributed by atoms with van der Waals surface area (Å²) in [7, 11) is 0. The molecule has 2 aromatic heterocycles. The Morgan fingerprint density at radius 2 is 2.04 bits per heavy atom. The second-order valence-electron chi connectivity index (χ2n) is 4.97. The molecule has 0 bridgehead atoms. The topological polar surface area (TPSA) is 30.7 Å². The van der Waals surface area contributed by atoms with Crippen molar-refractivity contribution in [2.75, 3.05) is 0 Å². The van der Waals surface area contributed by atoms with E-state index in [4.69, 9.17) is 23.2 Å². The summed E-state index contributed by atoms with van der Waals surface area (Å²) in [6.07, 6.45) is 1.04. The molecule has 0 N–H and O–H groups in total. The van der Waals surface area contributed by atoms with Crippen LogP contribution in [0.3, 0.4) is 0 Å². The van der Waals surface area contributed by atoms with Crippen LogP contribution < -0.4 is 0 Å². The van der Waals surface area contributed by atoms with Gasteiger partial charge in [0.1, 0.15) is 0 Å². The lowest BCUT2D eigenvalue weighted by molar-refractivity contribution is 0.627. The first kappa shape index (κ1) is 16.8. The van der Waals surface area contributed by atoms with Gasteiger partial charge in [-0.1, -0.05) is 54.0 Å². The van der Waals surface area contributed by atoms with Gasteiger partial charge in [-0.15, -0.1) is 21.5 Å². The Morgan fingerprint density at radius 3 is 2.74 bits per heavy atom. The van der Waals surface area contributed by atoms with Crippen molar-refractivity contribution in [2.24, 2.45) is 0 Å². The summed E-state index contributed by atoms with van der Waals surface area (Å²) in [5.74, 6) is 1.72. The standard InChI is InChI=1S/C16H15Cl2N3S2/c1-2-7-21-15(14-4-3-8-22-14)19-20-16(21)23-10-11-5-6-12(17)13(18)9-11/h3-6,8-9H,2,7,10H2,1H3. The summed E-state index contributed by atoms with van der Waals surface area (Å²) in [5, 5.41) is 12.9. The van der Waals surface area contributed by atoms with E-state index in [0.717, 1.165) is 40.1 Å². The maximum Gasteiger partial charge on any atom is 0.191 e. The number of nitrogens with zero attached hydrogens (tertiary/aromatic N) is 3. The van der Waals surface area contributed by atoms with Crippen molar-refractivity contribution < 1.29 is 0 Å². The molecule has 7 heteroatoms. The molecule has 0 aliphatic rings. The molecule has 0 aliphatic carbocycles. The SMILES string of the molecule is CCCn1c(SCc2ccc(Cl)c(Cl)c2)nnc1-c1cccs1. The number of hydrogen-bond acceptors (Lipinski definition) is 4. The summed E-state index contributed by atoms with van der Waals surface area (Å²) in [6.45, 7) is 3.07. The highest BCUT2D eigenvalue weighted by molar-refractivity contribution is 7.98. The van der Waals surface area contributed by atoms with Crippen molar-refractivity contribution in [3.05, 3.63) is 51.3 Å². The molecule has 0 saturated carbocycles. The zero-order valence-corrected chi connectivity index (χ0v) is 15.6. The van der Waals surface area contributed by atoms with Crippen molar-refractivity contribution in [2.45, 2.75) is 30.8 Å². The van der Waals surface area contributed by atoms with E-state index in [1.165, 1.54) is 0 Å². The van der Waals surface area contributed by atoms with Crippen LogP contribution in [0.15, 0.2) is 40.9 Å². The van der Waals surface area contributed by atoms with E-state index in [9.17, 15) is 0 Å². The molecule has 0 aliphatic heterocycles. The van der Waals surface area contributed by atoms with Gasteiger partial charge in [0, 0.05) is 12.3 Å². The quantitative estimate of drug-likeness (QED) is 0.487. The van der Waals surface area contributed by atoms with Gasteiger partial charge in [0.25, 0.3) is 0 Å². The summed E-state index contributed by atoms with van der Waals surface area (Å²) < 4.78 is 2.19. The number of rotatable bonds is 6. The average molecular weight is 384 g/mol. The molecule has 3 nitrogen and oxygen atoms in total. The molecule has 120 valence electrons. The van der Waals surface area contributed by atoms with E-state index in [0.29, 0.717) is 10.0 Å². The molecule has 0 radical (unpaired) electrons. The number of thiophene rings is 1. The minimum atomic E-state index is 0.578. The van der Waals surface area contributed by atoms with Crippen molar-refractivity contribution in [1.29, 1.82) is 0 Å². The molecule has 0 fully saturated rings. The Kier molecular flexibility index (Phi) is 5.64. The largest absolute Gasteiger partial charge is 0.301 e. The molecule has 0 atom stereocenters. The van der Waals surface area contributed by atoms with Crippen LogP contribution in [0.5, 0.6) is 0 Å². The van der Waals surface area contributed by atoms with E-state index in [-0.39, 0.29) is 0 Å². The molecular formula is C16H15Cl2N3S2. The van der Waals surface area contributed by atoms with Crippen LogP contribution in [-0.4, -0.2) is 14.8 Å². The Morgan fingerprint density at radius 1 is 1.17 bits per heavy atom. The lowest BCUT2D eigenvalue weighted by atomic mass is 10.2. The van der Waals surface area contributed by atoms with Gasteiger partial charge in [-0.2, -0.15) is 0 Å². The zero-order valence-electron chi connectivity index (χ0n) is 12.5. The molecule has 23 heavy (non-hydrogen) atoms. The Hall–Kier alpha value is -1.01. The highest BCUT2D eigenvalue weighted by atomic mass is 35.5. The first-order valence-electron chi connectivity index (χ1n) is 7.23. The minimum absolute atomic E-state index is 0.578. The normalized spacial score (nSPS) is 11.1. The van der Waals surface area contributed by atoms with E-state index in [2.05, 4.69) is 33.1 Å². The van der Waals surface area contributed by atoms with Crippen molar-refractivity contribution in [3.8, 4) is 10.7 Å². The van der Waals surface area contributed by atoms with Gasteiger partial charge in [-0.25, -0.2) is 0 Å². The number of hydrogen-bond donors (Lipinski definition) is 0. The second kappa shape index (κ2) is 7.71. The molecule has 0 unspecified atom stereocenters. The van der Waals surface area contributed by atoms with Crippen LogP contribution >= 0.6 is 46.3 Å². The van der Waals surface area contributed by atoms with Crippen LogP contribution in [-0.2, 0) is 12.3 Å². The van der Waals surface area contributed by atoms with Crippen LogP contribution in [0.2, 0.25) is 10.0 Å². The van der Waals surface area contributed by atoms with Crippen LogP contribution in [0.4, 0.5) is 0 Å². The number of thioether (sulfide) groups is 1. The maximum atomic E-state index is 6.08. The maximum absolute atomic E-state index is 6.08. The fraction of sp³-hybridized carbons (Fsp3) is 0.250. The van der Waals surface area contributed by atoms with Crippen molar-refractivity contribution in [1.82, 2.24) is 14.8 Å².